The van der Waals surface area contributed by atoms with Crippen molar-refractivity contribution in [3.63, 3.8) is 0 Å². The number of ether oxygens (including phenoxy) is 3. The summed E-state index contributed by atoms with van der Waals surface area (Å²) in [5.41, 5.74) is -0.931. The number of pyridine rings is 1. The van der Waals surface area contributed by atoms with Crippen molar-refractivity contribution >= 4 is 17.7 Å². The molecule has 3 aromatic rings. The van der Waals surface area contributed by atoms with Crippen molar-refractivity contribution in [2.45, 2.75) is 6.18 Å². The third-order valence-electron chi connectivity index (χ3n) is 4.21. The summed E-state index contributed by atoms with van der Waals surface area (Å²) in [6.07, 6.45) is -3.92. The van der Waals surface area contributed by atoms with E-state index in [9.17, 15) is 22.8 Å². The van der Waals surface area contributed by atoms with E-state index in [-0.39, 0.29) is 34.4 Å². The van der Waals surface area contributed by atoms with Gasteiger partial charge >= 0.3 is 12.3 Å². The Kier molecular flexibility index (Phi) is 7.01. The minimum Gasteiger partial charge on any atom is -0.495 e. The number of aromatic nitrogens is 1. The topological polar surface area (TPSA) is 98.8 Å². The molecule has 0 aliphatic carbocycles. The van der Waals surface area contributed by atoms with Crippen LogP contribution in [0.25, 0.3) is 0 Å². The molecule has 2 amide bonds. The molecule has 172 valence electrons. The van der Waals surface area contributed by atoms with Crippen LogP contribution < -0.4 is 24.8 Å². The molecule has 3 rings (SSSR count). The van der Waals surface area contributed by atoms with Gasteiger partial charge in [0.2, 0.25) is 5.88 Å². The van der Waals surface area contributed by atoms with Gasteiger partial charge in [-0.05, 0) is 42.5 Å². The maximum atomic E-state index is 13.0. The van der Waals surface area contributed by atoms with Crippen molar-refractivity contribution in [3.05, 3.63) is 71.9 Å². The molecule has 8 nitrogen and oxygen atoms in total. The van der Waals surface area contributed by atoms with Gasteiger partial charge in [-0.1, -0.05) is 6.07 Å². The number of nitrogens with zero attached hydrogens (tertiary/aromatic N) is 1. The Hall–Kier alpha value is -4.28. The van der Waals surface area contributed by atoms with E-state index in [0.717, 1.165) is 18.2 Å². The van der Waals surface area contributed by atoms with E-state index in [1.807, 2.05) is 0 Å². The summed E-state index contributed by atoms with van der Waals surface area (Å²) >= 11 is 0. The Balaban J connectivity index is 1.78. The minimum atomic E-state index is -4.58. The molecule has 0 saturated carbocycles. The average molecular weight is 461 g/mol. The van der Waals surface area contributed by atoms with Crippen LogP contribution in [0.2, 0.25) is 0 Å². The van der Waals surface area contributed by atoms with Gasteiger partial charge in [0, 0.05) is 24.9 Å². The van der Waals surface area contributed by atoms with Crippen LogP contribution in [-0.2, 0) is 6.18 Å². The largest absolute Gasteiger partial charge is 0.495 e. The summed E-state index contributed by atoms with van der Waals surface area (Å²) < 4.78 is 54.8. The van der Waals surface area contributed by atoms with E-state index in [4.69, 9.17) is 14.2 Å². The highest BCUT2D eigenvalue weighted by Crippen LogP contribution is 2.35. The quantitative estimate of drug-likeness (QED) is 0.543. The second-order valence-electron chi connectivity index (χ2n) is 6.47. The van der Waals surface area contributed by atoms with Crippen LogP contribution in [0.15, 0.2) is 60.8 Å². The molecule has 2 N–H and O–H groups in total. The average Bonchev–Trinajstić information content (AvgIpc) is 2.78. The van der Waals surface area contributed by atoms with Gasteiger partial charge in [-0.2, -0.15) is 13.2 Å². The third-order valence-corrected chi connectivity index (χ3v) is 4.21. The maximum Gasteiger partial charge on any atom is 0.416 e. The molecule has 11 heteroatoms. The second kappa shape index (κ2) is 9.90. The predicted molar refractivity (Wildman–Crippen MR) is 112 cm³/mol. The number of halogens is 3. The molecular weight excluding hydrogens is 443 g/mol. The summed E-state index contributed by atoms with van der Waals surface area (Å²) in [6.45, 7) is 0. The van der Waals surface area contributed by atoms with Crippen LogP contribution in [0, 0.1) is 0 Å². The highest BCUT2D eigenvalue weighted by Gasteiger charge is 2.31. The molecule has 0 bridgehead atoms. The fourth-order valence-electron chi connectivity index (χ4n) is 2.67. The zero-order chi connectivity index (χ0) is 24.0. The van der Waals surface area contributed by atoms with Crippen molar-refractivity contribution in [1.82, 2.24) is 10.3 Å². The lowest BCUT2D eigenvalue weighted by atomic mass is 10.1. The normalized spacial score (nSPS) is 10.8. The fourth-order valence-corrected chi connectivity index (χ4v) is 2.67. The van der Waals surface area contributed by atoms with Crippen LogP contribution in [0.1, 0.15) is 15.9 Å². The maximum absolute atomic E-state index is 13.0. The summed E-state index contributed by atoms with van der Waals surface area (Å²) in [4.78, 5) is 27.9. The zero-order valence-corrected chi connectivity index (χ0v) is 17.4. The molecule has 0 fully saturated rings. The van der Waals surface area contributed by atoms with Gasteiger partial charge in [-0.15, -0.1) is 0 Å². The molecule has 0 unspecified atom stereocenters. The minimum absolute atomic E-state index is 0.00242. The van der Waals surface area contributed by atoms with Crippen LogP contribution in [0.3, 0.4) is 0 Å². The van der Waals surface area contributed by atoms with Crippen molar-refractivity contribution in [2.75, 3.05) is 19.5 Å². The van der Waals surface area contributed by atoms with E-state index in [1.54, 1.807) is 6.07 Å². The van der Waals surface area contributed by atoms with Gasteiger partial charge in [0.1, 0.15) is 17.2 Å². The van der Waals surface area contributed by atoms with Gasteiger partial charge in [0.25, 0.3) is 5.91 Å². The van der Waals surface area contributed by atoms with E-state index >= 15 is 0 Å². The molecule has 2 aromatic carbocycles. The smallest absolute Gasteiger partial charge is 0.416 e. The number of amides is 2. The Bertz CT molecular complexity index is 1170. The number of hydrogen-bond acceptors (Lipinski definition) is 6. The molecule has 33 heavy (non-hydrogen) atoms. The number of nitrogens with one attached hydrogen (secondary N) is 2. The number of anilines is 1. The molecule has 0 saturated heterocycles. The van der Waals surface area contributed by atoms with Crippen LogP contribution in [-0.4, -0.2) is 31.1 Å². The summed E-state index contributed by atoms with van der Waals surface area (Å²) in [5.74, 6) is -0.0604. The van der Waals surface area contributed by atoms with Gasteiger partial charge in [-0.25, -0.2) is 9.78 Å². The van der Waals surface area contributed by atoms with Gasteiger partial charge < -0.3 is 24.8 Å². The van der Waals surface area contributed by atoms with Crippen LogP contribution >= 0.6 is 0 Å². The number of rotatable bonds is 6. The number of benzene rings is 2. The van der Waals surface area contributed by atoms with Crippen molar-refractivity contribution in [3.8, 4) is 23.1 Å². The molecule has 0 aliphatic rings. The molecule has 0 radical (unpaired) electrons. The van der Waals surface area contributed by atoms with E-state index in [0.29, 0.717) is 0 Å². The van der Waals surface area contributed by atoms with E-state index < -0.39 is 23.7 Å². The van der Waals surface area contributed by atoms with Gasteiger partial charge in [-0.3, -0.25) is 4.79 Å². The number of carbonyl (C=O) groups is 2. The van der Waals surface area contributed by atoms with Gasteiger partial charge in [0.05, 0.1) is 18.4 Å². The number of methoxy groups -OCH3 is 1. The standard InChI is InChI=1S/C22H18F3N3O5/c1-26-21(30)33-19-12-16(8-9-27-19)32-15-5-3-4-13(10-15)20(29)28-17-11-14(22(23,24)25)6-7-18(17)31-2/h3-12H,1-2H3,(H,26,30)(H,28,29). The SMILES string of the molecule is CNC(=O)Oc1cc(Oc2cccc(C(=O)Nc3cc(C(F)(F)F)ccc3OC)c2)ccn1. The Morgan fingerprint density at radius 2 is 1.76 bits per heavy atom. The van der Waals surface area contributed by atoms with Crippen LogP contribution in [0.4, 0.5) is 23.7 Å². The van der Waals surface area contributed by atoms with E-state index in [2.05, 4.69) is 15.6 Å². The van der Waals surface area contributed by atoms with Crippen molar-refractivity contribution < 1.29 is 37.0 Å². The fraction of sp³-hybridized carbons (Fsp3) is 0.136. The predicted octanol–water partition coefficient (Wildman–Crippen LogP) is 4.87. The first-order valence-corrected chi connectivity index (χ1v) is 9.39. The third kappa shape index (κ3) is 6.12. The summed E-state index contributed by atoms with van der Waals surface area (Å²) in [7, 11) is 2.68. The van der Waals surface area contributed by atoms with Crippen LogP contribution in [0.5, 0.6) is 23.1 Å². The second-order valence-corrected chi connectivity index (χ2v) is 6.47. The number of carbonyl (C=O) groups excluding carboxylic acids is 2. The first-order chi connectivity index (χ1) is 15.7. The lowest BCUT2D eigenvalue weighted by molar-refractivity contribution is -0.137. The molecular formula is C22H18F3N3O5. The number of hydrogen-bond donors (Lipinski definition) is 2. The summed E-state index contributed by atoms with van der Waals surface area (Å²) in [5, 5.41) is 4.71. The number of alkyl halides is 3. The highest BCUT2D eigenvalue weighted by atomic mass is 19.4. The Morgan fingerprint density at radius 3 is 2.45 bits per heavy atom. The van der Waals surface area contributed by atoms with Crippen molar-refractivity contribution in [2.24, 2.45) is 0 Å². The lowest BCUT2D eigenvalue weighted by Crippen LogP contribution is -2.22. The lowest BCUT2D eigenvalue weighted by Gasteiger charge is -2.14. The monoisotopic (exact) mass is 461 g/mol. The molecule has 1 heterocycles. The van der Waals surface area contributed by atoms with E-state index in [1.165, 1.54) is 50.7 Å². The highest BCUT2D eigenvalue weighted by molar-refractivity contribution is 6.05. The summed E-state index contributed by atoms with van der Waals surface area (Å²) in [6, 6.07) is 11.6. The first-order valence-electron chi connectivity index (χ1n) is 9.39. The molecule has 0 atom stereocenters. The zero-order valence-electron chi connectivity index (χ0n) is 17.4. The van der Waals surface area contributed by atoms with Gasteiger partial charge in [0.15, 0.2) is 0 Å². The molecule has 0 aliphatic heterocycles. The molecule has 0 spiro atoms. The Morgan fingerprint density at radius 1 is 1.00 bits per heavy atom. The first kappa shape index (κ1) is 23.4. The van der Waals surface area contributed by atoms with Crippen molar-refractivity contribution in [1.29, 1.82) is 0 Å². The molecule has 1 aromatic heterocycles. The Labute approximate surface area is 186 Å².